The predicted octanol–water partition coefficient (Wildman–Crippen LogP) is 2.29. The van der Waals surface area contributed by atoms with Crippen LogP contribution in [0.15, 0.2) is 47.7 Å². The Kier molecular flexibility index (Phi) is 8.20. The molecule has 0 spiro atoms. The Morgan fingerprint density at radius 1 is 1.10 bits per heavy atom. The number of benzene rings is 1. The van der Waals surface area contributed by atoms with Crippen molar-refractivity contribution in [2.24, 2.45) is 4.99 Å². The molecule has 2 heterocycles. The zero-order valence-electron chi connectivity index (χ0n) is 18.7. The molecule has 1 atom stereocenters. The van der Waals surface area contributed by atoms with E-state index < -0.39 is 0 Å². The molecule has 8 heteroatoms. The summed E-state index contributed by atoms with van der Waals surface area (Å²) in [5.41, 5.74) is 1.76. The number of carbonyl (C=O) groups is 1. The van der Waals surface area contributed by atoms with Crippen molar-refractivity contribution >= 4 is 17.8 Å². The summed E-state index contributed by atoms with van der Waals surface area (Å²) in [5, 5.41) is 6.39. The molecule has 1 unspecified atom stereocenters. The summed E-state index contributed by atoms with van der Waals surface area (Å²) >= 11 is 0. The third kappa shape index (κ3) is 6.41. The smallest absolute Gasteiger partial charge is 0.251 e. The van der Waals surface area contributed by atoms with Crippen LogP contribution in [0.4, 0.5) is 5.95 Å². The second kappa shape index (κ2) is 11.3. The summed E-state index contributed by atoms with van der Waals surface area (Å²) in [6, 6.07) is 9.70. The number of rotatable bonds is 7. The normalized spacial score (nSPS) is 15.5. The molecule has 166 valence electrons. The SMILES string of the molecule is CCNC(=NCc1ccc(C(=O)NC(C)CC)cc1)N1CCN(c2ncccn2)CC1. The van der Waals surface area contributed by atoms with Crippen molar-refractivity contribution in [3.8, 4) is 0 Å². The lowest BCUT2D eigenvalue weighted by Gasteiger charge is -2.36. The van der Waals surface area contributed by atoms with Crippen LogP contribution in [0.1, 0.15) is 43.1 Å². The lowest BCUT2D eigenvalue weighted by atomic mass is 10.1. The largest absolute Gasteiger partial charge is 0.357 e. The van der Waals surface area contributed by atoms with E-state index in [1.807, 2.05) is 37.3 Å². The average Bonchev–Trinajstić information content (AvgIpc) is 2.82. The van der Waals surface area contributed by atoms with Crippen molar-refractivity contribution in [1.29, 1.82) is 0 Å². The Hall–Kier alpha value is -3.16. The summed E-state index contributed by atoms with van der Waals surface area (Å²) < 4.78 is 0. The number of amides is 1. The van der Waals surface area contributed by atoms with Crippen LogP contribution in [0, 0.1) is 0 Å². The van der Waals surface area contributed by atoms with Gasteiger partial charge in [0.15, 0.2) is 5.96 Å². The molecule has 1 saturated heterocycles. The number of hydrogen-bond donors (Lipinski definition) is 2. The summed E-state index contributed by atoms with van der Waals surface area (Å²) in [7, 11) is 0. The first kappa shape index (κ1) is 22.5. The van der Waals surface area contributed by atoms with E-state index in [0.717, 1.165) is 56.6 Å². The summed E-state index contributed by atoms with van der Waals surface area (Å²) in [6.07, 6.45) is 4.47. The van der Waals surface area contributed by atoms with E-state index in [1.54, 1.807) is 12.4 Å². The molecule has 3 rings (SSSR count). The fourth-order valence-corrected chi connectivity index (χ4v) is 3.34. The number of anilines is 1. The van der Waals surface area contributed by atoms with E-state index in [0.29, 0.717) is 12.1 Å². The molecular formula is C23H33N7O. The first-order valence-corrected chi connectivity index (χ1v) is 11.1. The molecule has 0 saturated carbocycles. The quantitative estimate of drug-likeness (QED) is 0.525. The van der Waals surface area contributed by atoms with Crippen LogP contribution >= 0.6 is 0 Å². The number of nitrogens with zero attached hydrogens (tertiary/aromatic N) is 5. The van der Waals surface area contributed by atoms with Crippen LogP contribution in [0.5, 0.6) is 0 Å². The molecule has 1 aromatic carbocycles. The predicted molar refractivity (Wildman–Crippen MR) is 124 cm³/mol. The van der Waals surface area contributed by atoms with Crippen molar-refractivity contribution in [1.82, 2.24) is 25.5 Å². The monoisotopic (exact) mass is 423 g/mol. The highest BCUT2D eigenvalue weighted by atomic mass is 16.1. The molecule has 2 N–H and O–H groups in total. The fraction of sp³-hybridized carbons (Fsp3) is 0.478. The van der Waals surface area contributed by atoms with E-state index in [-0.39, 0.29) is 11.9 Å². The second-order valence-electron chi connectivity index (χ2n) is 7.67. The summed E-state index contributed by atoms with van der Waals surface area (Å²) in [4.78, 5) is 30.2. The molecule has 2 aromatic rings. The van der Waals surface area contributed by atoms with Crippen molar-refractivity contribution in [3.05, 3.63) is 53.9 Å². The molecule has 31 heavy (non-hydrogen) atoms. The minimum absolute atomic E-state index is 0.0296. The zero-order valence-corrected chi connectivity index (χ0v) is 18.7. The van der Waals surface area contributed by atoms with E-state index in [2.05, 4.69) is 44.2 Å². The molecule has 0 bridgehead atoms. The molecule has 1 aromatic heterocycles. The van der Waals surface area contributed by atoms with Crippen molar-refractivity contribution in [3.63, 3.8) is 0 Å². The molecular weight excluding hydrogens is 390 g/mol. The number of guanidine groups is 1. The van der Waals surface area contributed by atoms with Gasteiger partial charge >= 0.3 is 0 Å². The third-order valence-electron chi connectivity index (χ3n) is 5.37. The van der Waals surface area contributed by atoms with Gasteiger partial charge in [-0.15, -0.1) is 0 Å². The van der Waals surface area contributed by atoms with Crippen LogP contribution in [0.2, 0.25) is 0 Å². The van der Waals surface area contributed by atoms with Gasteiger partial charge in [-0.1, -0.05) is 19.1 Å². The number of piperazine rings is 1. The van der Waals surface area contributed by atoms with Crippen molar-refractivity contribution in [2.75, 3.05) is 37.6 Å². The van der Waals surface area contributed by atoms with Crippen LogP contribution in [-0.2, 0) is 6.54 Å². The summed E-state index contributed by atoms with van der Waals surface area (Å²) in [6.45, 7) is 11.0. The van der Waals surface area contributed by atoms with E-state index in [1.165, 1.54) is 0 Å². The van der Waals surface area contributed by atoms with Gasteiger partial charge in [0.05, 0.1) is 6.54 Å². The number of aliphatic imine (C=N–C) groups is 1. The van der Waals surface area contributed by atoms with E-state index >= 15 is 0 Å². The number of nitrogens with one attached hydrogen (secondary N) is 2. The van der Waals surface area contributed by atoms with Gasteiger partial charge in [0, 0.05) is 56.7 Å². The highest BCUT2D eigenvalue weighted by Crippen LogP contribution is 2.11. The maximum Gasteiger partial charge on any atom is 0.251 e. The maximum absolute atomic E-state index is 12.2. The van der Waals surface area contributed by atoms with E-state index in [9.17, 15) is 4.79 Å². The Morgan fingerprint density at radius 2 is 1.77 bits per heavy atom. The Morgan fingerprint density at radius 3 is 2.39 bits per heavy atom. The van der Waals surface area contributed by atoms with Gasteiger partial charge in [0.1, 0.15) is 0 Å². The highest BCUT2D eigenvalue weighted by molar-refractivity contribution is 5.94. The number of hydrogen-bond acceptors (Lipinski definition) is 5. The summed E-state index contributed by atoms with van der Waals surface area (Å²) in [5.74, 6) is 1.66. The van der Waals surface area contributed by atoms with Crippen LogP contribution in [0.25, 0.3) is 0 Å². The first-order valence-electron chi connectivity index (χ1n) is 11.1. The minimum atomic E-state index is -0.0296. The molecule has 0 aliphatic carbocycles. The molecule has 1 amide bonds. The topological polar surface area (TPSA) is 85.8 Å². The van der Waals surface area contributed by atoms with Gasteiger partial charge in [0.2, 0.25) is 5.95 Å². The Labute approximate surface area is 184 Å². The van der Waals surface area contributed by atoms with Gasteiger partial charge in [-0.2, -0.15) is 0 Å². The van der Waals surface area contributed by atoms with Gasteiger partial charge < -0.3 is 20.4 Å². The molecule has 1 aliphatic heterocycles. The highest BCUT2D eigenvalue weighted by Gasteiger charge is 2.21. The van der Waals surface area contributed by atoms with Crippen LogP contribution < -0.4 is 15.5 Å². The van der Waals surface area contributed by atoms with Gasteiger partial charge in [-0.3, -0.25) is 4.79 Å². The minimum Gasteiger partial charge on any atom is -0.357 e. The van der Waals surface area contributed by atoms with Gasteiger partial charge in [-0.05, 0) is 44.0 Å². The zero-order chi connectivity index (χ0) is 22.1. The van der Waals surface area contributed by atoms with E-state index in [4.69, 9.17) is 4.99 Å². The Balaban J connectivity index is 1.58. The van der Waals surface area contributed by atoms with Gasteiger partial charge in [-0.25, -0.2) is 15.0 Å². The number of carbonyl (C=O) groups excluding carboxylic acids is 1. The molecule has 8 nitrogen and oxygen atoms in total. The Bertz CT molecular complexity index is 846. The second-order valence-corrected chi connectivity index (χ2v) is 7.67. The fourth-order valence-electron chi connectivity index (χ4n) is 3.34. The lowest BCUT2D eigenvalue weighted by molar-refractivity contribution is 0.0939. The van der Waals surface area contributed by atoms with Gasteiger partial charge in [0.25, 0.3) is 5.91 Å². The lowest BCUT2D eigenvalue weighted by Crippen LogP contribution is -2.52. The van der Waals surface area contributed by atoms with Crippen LogP contribution in [0.3, 0.4) is 0 Å². The van der Waals surface area contributed by atoms with Crippen molar-refractivity contribution in [2.45, 2.75) is 39.8 Å². The van der Waals surface area contributed by atoms with Crippen LogP contribution in [-0.4, -0.2) is 65.5 Å². The molecule has 0 radical (unpaired) electrons. The molecule has 1 aliphatic rings. The molecule has 1 fully saturated rings. The standard InChI is InChI=1S/C23H33N7O/c1-4-18(3)28-21(31)20-9-7-19(8-10-20)17-27-22(24-5-2)29-13-15-30(16-14-29)23-25-11-6-12-26-23/h6-12,18H,4-5,13-17H2,1-3H3,(H,24,27)(H,28,31). The maximum atomic E-state index is 12.2. The number of aromatic nitrogens is 2. The third-order valence-corrected chi connectivity index (χ3v) is 5.37. The van der Waals surface area contributed by atoms with Crippen molar-refractivity contribution < 1.29 is 4.79 Å². The average molecular weight is 424 g/mol. The first-order chi connectivity index (χ1) is 15.1.